The van der Waals surface area contributed by atoms with Crippen LogP contribution in [0.15, 0.2) is 16.5 Å². The first kappa shape index (κ1) is 12.2. The maximum absolute atomic E-state index is 11.9. The summed E-state index contributed by atoms with van der Waals surface area (Å²) >= 11 is 0. The van der Waals surface area contributed by atoms with Crippen LogP contribution in [0.4, 0.5) is 0 Å². The van der Waals surface area contributed by atoms with E-state index in [1.165, 1.54) is 0 Å². The van der Waals surface area contributed by atoms with Gasteiger partial charge in [0.2, 0.25) is 5.91 Å². The summed E-state index contributed by atoms with van der Waals surface area (Å²) in [5, 5.41) is 6.30. The zero-order chi connectivity index (χ0) is 12.5. The number of carbonyl (C=O) groups is 1. The van der Waals surface area contributed by atoms with Gasteiger partial charge in [0.05, 0.1) is 6.04 Å². The predicted octanol–water partition coefficient (Wildman–Crippen LogP) is 2.04. The van der Waals surface area contributed by atoms with Crippen LogP contribution in [0.1, 0.15) is 44.6 Å². The van der Waals surface area contributed by atoms with E-state index in [-0.39, 0.29) is 11.9 Å². The first-order chi connectivity index (χ1) is 8.05. The van der Waals surface area contributed by atoms with Gasteiger partial charge >= 0.3 is 0 Å². The average molecular weight is 236 g/mol. The monoisotopic (exact) mass is 236 g/mol. The van der Waals surface area contributed by atoms with Gasteiger partial charge in [-0.05, 0) is 32.4 Å². The number of hydrogen-bond acceptors (Lipinski definition) is 3. The second kappa shape index (κ2) is 4.53. The Morgan fingerprint density at radius 3 is 2.82 bits per heavy atom. The van der Waals surface area contributed by atoms with Crippen molar-refractivity contribution in [2.45, 2.75) is 51.7 Å². The quantitative estimate of drug-likeness (QED) is 0.841. The highest BCUT2D eigenvalue weighted by Gasteiger charge is 2.42. The summed E-state index contributed by atoms with van der Waals surface area (Å²) in [4.78, 5) is 11.9. The number of nitrogens with one attached hydrogen (secondary N) is 2. The molecule has 4 heteroatoms. The molecule has 17 heavy (non-hydrogen) atoms. The lowest BCUT2D eigenvalue weighted by Gasteiger charge is -2.22. The van der Waals surface area contributed by atoms with Crippen molar-refractivity contribution in [3.8, 4) is 0 Å². The molecule has 0 aromatic carbocycles. The van der Waals surface area contributed by atoms with Crippen molar-refractivity contribution in [2.24, 2.45) is 0 Å². The van der Waals surface area contributed by atoms with Gasteiger partial charge in [0.25, 0.3) is 0 Å². The fourth-order valence-corrected chi connectivity index (χ4v) is 2.23. The van der Waals surface area contributed by atoms with E-state index in [4.69, 9.17) is 4.42 Å². The van der Waals surface area contributed by atoms with Crippen molar-refractivity contribution >= 4 is 5.91 Å². The van der Waals surface area contributed by atoms with Crippen molar-refractivity contribution < 1.29 is 9.21 Å². The molecular weight excluding hydrogens is 216 g/mol. The molecule has 1 saturated heterocycles. The molecule has 0 radical (unpaired) electrons. The van der Waals surface area contributed by atoms with Crippen LogP contribution in [0.2, 0.25) is 0 Å². The molecule has 2 rings (SSSR count). The van der Waals surface area contributed by atoms with E-state index in [0.717, 1.165) is 30.8 Å². The molecular formula is C13H20N2O2. The number of carbonyl (C=O) groups excluding carboxylic acids is 1. The topological polar surface area (TPSA) is 54.3 Å². The van der Waals surface area contributed by atoms with Gasteiger partial charge < -0.3 is 9.73 Å². The molecule has 4 nitrogen and oxygen atoms in total. The molecule has 0 aliphatic carbocycles. The summed E-state index contributed by atoms with van der Waals surface area (Å²) in [5.41, 5.74) is -0.566. The summed E-state index contributed by atoms with van der Waals surface area (Å²) in [6, 6.07) is 3.71. The molecule has 1 aromatic rings. The number of rotatable bonds is 4. The maximum atomic E-state index is 11.9. The van der Waals surface area contributed by atoms with Crippen LogP contribution in [0.5, 0.6) is 0 Å². The van der Waals surface area contributed by atoms with E-state index in [1.807, 2.05) is 26.0 Å². The normalized spacial score (nSPS) is 28.4. The van der Waals surface area contributed by atoms with E-state index in [2.05, 4.69) is 17.6 Å². The number of hydrogen-bond donors (Lipinski definition) is 2. The molecule has 1 aliphatic rings. The Bertz CT molecular complexity index is 413. The third-order valence-corrected chi connectivity index (χ3v) is 3.23. The van der Waals surface area contributed by atoms with Crippen LogP contribution in [0, 0.1) is 6.92 Å². The molecule has 1 fully saturated rings. The molecule has 1 aromatic heterocycles. The Balaban J connectivity index is 2.11. The third kappa shape index (κ3) is 2.36. The van der Waals surface area contributed by atoms with Gasteiger partial charge in [-0.15, -0.1) is 0 Å². The van der Waals surface area contributed by atoms with Crippen LogP contribution in [0.25, 0.3) is 0 Å². The van der Waals surface area contributed by atoms with Crippen LogP contribution < -0.4 is 10.6 Å². The van der Waals surface area contributed by atoms with Gasteiger partial charge in [0.1, 0.15) is 17.2 Å². The highest BCUT2D eigenvalue weighted by Crippen LogP contribution is 2.26. The minimum Gasteiger partial charge on any atom is -0.462 e. The van der Waals surface area contributed by atoms with E-state index >= 15 is 0 Å². The molecule has 2 atom stereocenters. The highest BCUT2D eigenvalue weighted by atomic mass is 16.3. The molecule has 2 N–H and O–H groups in total. The number of unbranched alkanes of at least 4 members (excludes halogenated alkanes) is 1. The van der Waals surface area contributed by atoms with Gasteiger partial charge in [0.15, 0.2) is 0 Å². The maximum Gasteiger partial charge on any atom is 0.238 e. The van der Waals surface area contributed by atoms with Gasteiger partial charge in [-0.2, -0.15) is 0 Å². The van der Waals surface area contributed by atoms with E-state index in [9.17, 15) is 4.79 Å². The van der Waals surface area contributed by atoms with Crippen LogP contribution in [-0.2, 0) is 10.5 Å². The highest BCUT2D eigenvalue weighted by molar-refractivity contribution is 5.85. The Kier molecular flexibility index (Phi) is 3.24. The van der Waals surface area contributed by atoms with Crippen LogP contribution in [0.3, 0.4) is 0 Å². The van der Waals surface area contributed by atoms with Gasteiger partial charge in [-0.25, -0.2) is 0 Å². The molecule has 1 aliphatic heterocycles. The minimum atomic E-state index is -0.566. The zero-order valence-electron chi connectivity index (χ0n) is 10.7. The van der Waals surface area contributed by atoms with Crippen LogP contribution >= 0.6 is 0 Å². The van der Waals surface area contributed by atoms with Crippen molar-refractivity contribution in [1.82, 2.24) is 10.6 Å². The molecule has 1 amide bonds. The minimum absolute atomic E-state index is 0.0648. The lowest BCUT2D eigenvalue weighted by Crippen LogP contribution is -2.44. The van der Waals surface area contributed by atoms with Crippen molar-refractivity contribution in [1.29, 1.82) is 0 Å². The first-order valence-corrected chi connectivity index (χ1v) is 6.22. The predicted molar refractivity (Wildman–Crippen MR) is 65.4 cm³/mol. The first-order valence-electron chi connectivity index (χ1n) is 6.22. The van der Waals surface area contributed by atoms with E-state index in [0.29, 0.717) is 0 Å². The Labute approximate surface area is 102 Å². The smallest absolute Gasteiger partial charge is 0.238 e. The van der Waals surface area contributed by atoms with Crippen LogP contribution in [-0.4, -0.2) is 11.9 Å². The molecule has 0 unspecified atom stereocenters. The Morgan fingerprint density at radius 2 is 2.24 bits per heavy atom. The van der Waals surface area contributed by atoms with Gasteiger partial charge in [-0.3, -0.25) is 10.1 Å². The van der Waals surface area contributed by atoms with E-state index < -0.39 is 5.66 Å². The fraction of sp³-hybridized carbons (Fsp3) is 0.615. The Hall–Kier alpha value is -1.29. The zero-order valence-corrected chi connectivity index (χ0v) is 10.7. The van der Waals surface area contributed by atoms with Gasteiger partial charge in [-0.1, -0.05) is 19.8 Å². The van der Waals surface area contributed by atoms with Crippen molar-refractivity contribution in [3.05, 3.63) is 23.7 Å². The molecule has 2 heterocycles. The summed E-state index contributed by atoms with van der Waals surface area (Å²) in [7, 11) is 0. The number of aryl methyl sites for hydroxylation is 1. The third-order valence-electron chi connectivity index (χ3n) is 3.23. The molecule has 0 saturated carbocycles. The number of furan rings is 1. The molecule has 0 bridgehead atoms. The average Bonchev–Trinajstić information content (AvgIpc) is 2.82. The largest absolute Gasteiger partial charge is 0.462 e. The Morgan fingerprint density at radius 1 is 1.47 bits per heavy atom. The standard InChI is InChI=1S/C13H20N2O2/c1-4-5-6-10-12(16)15-13(3,14-10)11-8-7-9(2)17-11/h7-8,10,14H,4-6H2,1-3H3,(H,15,16)/t10-,13-/m1/s1. The summed E-state index contributed by atoms with van der Waals surface area (Å²) in [6.07, 6.45) is 3.03. The van der Waals surface area contributed by atoms with Crippen molar-refractivity contribution in [3.63, 3.8) is 0 Å². The number of amides is 1. The lowest BCUT2D eigenvalue weighted by molar-refractivity contribution is -0.121. The van der Waals surface area contributed by atoms with E-state index in [1.54, 1.807) is 0 Å². The van der Waals surface area contributed by atoms with Crippen molar-refractivity contribution in [2.75, 3.05) is 0 Å². The second-order valence-electron chi connectivity index (χ2n) is 4.86. The summed E-state index contributed by atoms with van der Waals surface area (Å²) in [6.45, 7) is 5.97. The summed E-state index contributed by atoms with van der Waals surface area (Å²) < 4.78 is 5.59. The fourth-order valence-electron chi connectivity index (χ4n) is 2.23. The lowest BCUT2D eigenvalue weighted by atomic mass is 10.1. The SMILES string of the molecule is CCCC[C@H]1N[C@@](C)(c2ccc(C)o2)NC1=O. The molecule has 0 spiro atoms. The second-order valence-corrected chi connectivity index (χ2v) is 4.86. The van der Waals surface area contributed by atoms with Gasteiger partial charge in [0, 0.05) is 0 Å². The molecule has 94 valence electrons. The summed E-state index contributed by atoms with van der Waals surface area (Å²) in [5.74, 6) is 1.69.